The summed E-state index contributed by atoms with van der Waals surface area (Å²) in [6.45, 7) is 8.69. The molecule has 0 radical (unpaired) electrons. The van der Waals surface area contributed by atoms with E-state index in [4.69, 9.17) is 0 Å². The van der Waals surface area contributed by atoms with E-state index >= 15 is 0 Å². The number of rotatable bonds is 5. The summed E-state index contributed by atoms with van der Waals surface area (Å²) in [5.74, 6) is 0.165. The molecule has 0 aliphatic rings. The van der Waals surface area contributed by atoms with Gasteiger partial charge in [-0.25, -0.2) is 8.42 Å². The summed E-state index contributed by atoms with van der Waals surface area (Å²) < 4.78 is 22.7. The Morgan fingerprint density at radius 3 is 2.33 bits per heavy atom. The summed E-state index contributed by atoms with van der Waals surface area (Å²) in [5, 5.41) is 0. The lowest BCUT2D eigenvalue weighted by molar-refractivity contribution is 0.601. The Labute approximate surface area is 74.2 Å². The number of hydrogen-bond acceptors (Lipinski definition) is 2. The van der Waals surface area contributed by atoms with Crippen LogP contribution in [0.4, 0.5) is 0 Å². The maximum atomic E-state index is 11.4. The van der Waals surface area contributed by atoms with Crippen LogP contribution in [0, 0.1) is 0 Å². The van der Waals surface area contributed by atoms with E-state index in [1.807, 2.05) is 6.92 Å². The van der Waals surface area contributed by atoms with Crippen molar-refractivity contribution < 1.29 is 8.42 Å². The highest BCUT2D eigenvalue weighted by Crippen LogP contribution is 2.09. The van der Waals surface area contributed by atoms with E-state index in [2.05, 4.69) is 13.2 Å². The fourth-order valence-corrected chi connectivity index (χ4v) is 2.13. The second-order valence-corrected chi connectivity index (χ2v) is 4.44. The Bertz CT molecular complexity index is 284. The zero-order chi connectivity index (χ0) is 9.61. The van der Waals surface area contributed by atoms with E-state index in [0.29, 0.717) is 6.42 Å². The smallest absolute Gasteiger partial charge is 0.178 e. The molecule has 0 atom stereocenters. The van der Waals surface area contributed by atoms with Crippen molar-refractivity contribution in [3.63, 3.8) is 0 Å². The summed E-state index contributed by atoms with van der Waals surface area (Å²) >= 11 is 0. The third kappa shape index (κ3) is 3.05. The first-order chi connectivity index (χ1) is 5.58. The quantitative estimate of drug-likeness (QED) is 0.616. The molecule has 0 aliphatic carbocycles. The van der Waals surface area contributed by atoms with E-state index in [1.165, 1.54) is 18.2 Å². The number of sulfone groups is 1. The van der Waals surface area contributed by atoms with Gasteiger partial charge in [-0.15, -0.1) is 0 Å². The van der Waals surface area contributed by atoms with Gasteiger partial charge in [0.25, 0.3) is 0 Å². The van der Waals surface area contributed by atoms with Gasteiger partial charge >= 0.3 is 0 Å². The Hall–Kier alpha value is -0.830. The van der Waals surface area contributed by atoms with Crippen molar-refractivity contribution >= 4 is 9.84 Å². The van der Waals surface area contributed by atoms with Crippen LogP contribution in [0.2, 0.25) is 0 Å². The molecular formula is C9H14O2S. The van der Waals surface area contributed by atoms with Crippen molar-refractivity contribution in [1.82, 2.24) is 0 Å². The van der Waals surface area contributed by atoms with Crippen molar-refractivity contribution in [2.75, 3.05) is 5.75 Å². The maximum Gasteiger partial charge on any atom is 0.178 e. The number of hydrogen-bond donors (Lipinski definition) is 0. The molecule has 68 valence electrons. The monoisotopic (exact) mass is 186 g/mol. The van der Waals surface area contributed by atoms with Crippen LogP contribution in [0.15, 0.2) is 36.3 Å². The molecule has 0 N–H and O–H groups in total. The van der Waals surface area contributed by atoms with Crippen molar-refractivity contribution in [2.45, 2.75) is 13.3 Å². The van der Waals surface area contributed by atoms with E-state index in [-0.39, 0.29) is 10.7 Å². The van der Waals surface area contributed by atoms with Crippen molar-refractivity contribution in [3.8, 4) is 0 Å². The highest BCUT2D eigenvalue weighted by Gasteiger charge is 2.11. The zero-order valence-corrected chi connectivity index (χ0v) is 8.10. The van der Waals surface area contributed by atoms with E-state index in [1.54, 1.807) is 0 Å². The molecule has 3 heteroatoms. The van der Waals surface area contributed by atoms with Gasteiger partial charge < -0.3 is 0 Å². The van der Waals surface area contributed by atoms with Crippen LogP contribution in [-0.2, 0) is 9.84 Å². The predicted molar refractivity (Wildman–Crippen MR) is 52.6 cm³/mol. The van der Waals surface area contributed by atoms with Gasteiger partial charge in [-0.3, -0.25) is 0 Å². The lowest BCUT2D eigenvalue weighted by atomic mass is 10.5. The van der Waals surface area contributed by atoms with Crippen LogP contribution in [0.3, 0.4) is 0 Å². The maximum absolute atomic E-state index is 11.4. The SMILES string of the molecule is C=C/C=C(\C=C)S(=O)(=O)CCC. The van der Waals surface area contributed by atoms with Crippen LogP contribution >= 0.6 is 0 Å². The largest absolute Gasteiger partial charge is 0.224 e. The Kier molecular flexibility index (Phi) is 4.59. The molecule has 0 aliphatic heterocycles. The Balaban J connectivity index is 4.85. The lowest BCUT2D eigenvalue weighted by Gasteiger charge is -2.01. The molecule has 0 bridgehead atoms. The molecule has 2 nitrogen and oxygen atoms in total. The first-order valence-corrected chi connectivity index (χ1v) is 5.41. The molecule has 12 heavy (non-hydrogen) atoms. The average molecular weight is 186 g/mol. The zero-order valence-electron chi connectivity index (χ0n) is 7.29. The topological polar surface area (TPSA) is 34.1 Å². The molecule has 0 unspecified atom stereocenters. The molecule has 0 rings (SSSR count). The highest BCUT2D eigenvalue weighted by molar-refractivity contribution is 7.95. The summed E-state index contributed by atoms with van der Waals surface area (Å²) in [6, 6.07) is 0. The van der Waals surface area contributed by atoms with Crippen LogP contribution < -0.4 is 0 Å². The minimum atomic E-state index is -3.11. The van der Waals surface area contributed by atoms with Crippen molar-refractivity contribution in [2.24, 2.45) is 0 Å². The molecule has 0 aromatic rings. The van der Waals surface area contributed by atoms with Crippen molar-refractivity contribution in [3.05, 3.63) is 36.3 Å². The molecule has 0 heterocycles. The second kappa shape index (κ2) is 4.93. The molecule has 0 saturated heterocycles. The Morgan fingerprint density at radius 2 is 2.00 bits per heavy atom. The van der Waals surface area contributed by atoms with Gasteiger partial charge in [0.1, 0.15) is 0 Å². The lowest BCUT2D eigenvalue weighted by Crippen LogP contribution is -2.06. The summed E-state index contributed by atoms with van der Waals surface area (Å²) in [5.41, 5.74) is 0. The molecule has 0 spiro atoms. The van der Waals surface area contributed by atoms with Gasteiger partial charge in [0.15, 0.2) is 9.84 Å². The number of allylic oxidation sites excluding steroid dienone is 3. The fraction of sp³-hybridized carbons (Fsp3) is 0.333. The molecule has 0 aromatic carbocycles. The predicted octanol–water partition coefficient (Wildman–Crippen LogP) is 2.07. The first-order valence-electron chi connectivity index (χ1n) is 3.76. The van der Waals surface area contributed by atoms with Crippen molar-refractivity contribution in [1.29, 1.82) is 0 Å². The van der Waals surface area contributed by atoms with Gasteiger partial charge in [-0.2, -0.15) is 0 Å². The standard InChI is InChI=1S/C9H14O2S/c1-4-7-9(6-3)12(10,11)8-5-2/h4,6-7H,1,3,5,8H2,2H3/b9-7+. The van der Waals surface area contributed by atoms with Gasteiger partial charge in [0.05, 0.1) is 10.7 Å². The minimum Gasteiger partial charge on any atom is -0.224 e. The van der Waals surface area contributed by atoms with Gasteiger partial charge in [-0.05, 0) is 12.5 Å². The molecule has 0 saturated carbocycles. The molecule has 0 aromatic heterocycles. The van der Waals surface area contributed by atoms with Crippen LogP contribution in [0.5, 0.6) is 0 Å². The molecular weight excluding hydrogens is 172 g/mol. The van der Waals surface area contributed by atoms with Crippen LogP contribution in [-0.4, -0.2) is 14.2 Å². The van der Waals surface area contributed by atoms with Gasteiger partial charge in [0.2, 0.25) is 0 Å². The summed E-state index contributed by atoms with van der Waals surface area (Å²) in [6.07, 6.45) is 4.86. The third-order valence-electron chi connectivity index (χ3n) is 1.32. The fourth-order valence-electron chi connectivity index (χ4n) is 0.801. The highest BCUT2D eigenvalue weighted by atomic mass is 32.2. The summed E-state index contributed by atoms with van der Waals surface area (Å²) in [7, 11) is -3.11. The van der Waals surface area contributed by atoms with Gasteiger partial charge in [-0.1, -0.05) is 32.2 Å². The average Bonchev–Trinajstić information content (AvgIpc) is 1.99. The van der Waals surface area contributed by atoms with Crippen LogP contribution in [0.1, 0.15) is 13.3 Å². The van der Waals surface area contributed by atoms with Gasteiger partial charge in [0, 0.05) is 0 Å². The van der Waals surface area contributed by atoms with Crippen LogP contribution in [0.25, 0.3) is 0 Å². The second-order valence-electron chi connectivity index (χ2n) is 2.33. The normalized spacial score (nSPS) is 12.6. The third-order valence-corrected chi connectivity index (χ3v) is 3.28. The van der Waals surface area contributed by atoms with E-state index in [0.717, 1.165) is 0 Å². The summed E-state index contributed by atoms with van der Waals surface area (Å²) in [4.78, 5) is 0.249. The Morgan fingerprint density at radius 1 is 1.42 bits per heavy atom. The minimum absolute atomic E-state index is 0.165. The van der Waals surface area contributed by atoms with E-state index in [9.17, 15) is 8.42 Å². The molecule has 0 fully saturated rings. The first kappa shape index (κ1) is 11.2. The van der Waals surface area contributed by atoms with E-state index < -0.39 is 9.84 Å². The molecule has 0 amide bonds.